The van der Waals surface area contributed by atoms with Crippen LogP contribution in [0.4, 0.5) is 4.79 Å². The highest BCUT2D eigenvalue weighted by Gasteiger charge is 2.16. The fraction of sp³-hybridized carbons (Fsp3) is 0.200. The average Bonchev–Trinajstić information content (AvgIpc) is 2.20. The zero-order chi connectivity index (χ0) is 12.1. The number of imide groups is 1. The lowest BCUT2D eigenvalue weighted by molar-refractivity contribution is -0.119. The highest BCUT2D eigenvalue weighted by atomic mass is 35.5. The summed E-state index contributed by atoms with van der Waals surface area (Å²) >= 11 is 7.20. The fourth-order valence-electron chi connectivity index (χ4n) is 1.01. The Bertz CT molecular complexity index is 412. The summed E-state index contributed by atoms with van der Waals surface area (Å²) in [6.07, 6.45) is 0. The van der Waals surface area contributed by atoms with E-state index in [-0.39, 0.29) is 0 Å². The maximum Gasteiger partial charge on any atom is 0.318 e. The number of halogens is 1. The lowest BCUT2D eigenvalue weighted by atomic mass is 10.4. The van der Waals surface area contributed by atoms with E-state index in [2.05, 4.69) is 0 Å². The van der Waals surface area contributed by atoms with Crippen molar-refractivity contribution < 1.29 is 9.59 Å². The summed E-state index contributed by atoms with van der Waals surface area (Å²) in [6.45, 7) is 1.67. The van der Waals surface area contributed by atoms with E-state index < -0.39 is 17.2 Å². The predicted octanol–water partition coefficient (Wildman–Crippen LogP) is 2.02. The Balaban J connectivity index is 2.64. The van der Waals surface area contributed by atoms with Crippen LogP contribution in [0.15, 0.2) is 29.2 Å². The van der Waals surface area contributed by atoms with E-state index in [1.165, 1.54) is 11.8 Å². The van der Waals surface area contributed by atoms with Crippen molar-refractivity contribution in [3.63, 3.8) is 0 Å². The summed E-state index contributed by atoms with van der Waals surface area (Å²) in [5, 5.41) is 2.16. The van der Waals surface area contributed by atoms with Crippen molar-refractivity contribution >= 4 is 35.3 Å². The SMILES string of the molecule is C[C@@H](Sc1ccccc1Cl)C(=O)NC(N)=O. The number of primary amides is 1. The molecule has 0 spiro atoms. The van der Waals surface area contributed by atoms with Crippen LogP contribution in [0.2, 0.25) is 5.02 Å². The predicted molar refractivity (Wildman–Crippen MR) is 64.5 cm³/mol. The van der Waals surface area contributed by atoms with Gasteiger partial charge in [-0.1, -0.05) is 23.7 Å². The molecule has 86 valence electrons. The Hall–Kier alpha value is -1.20. The first-order valence-electron chi connectivity index (χ1n) is 4.52. The molecule has 3 amide bonds. The van der Waals surface area contributed by atoms with E-state index in [1.807, 2.05) is 11.4 Å². The molecule has 16 heavy (non-hydrogen) atoms. The van der Waals surface area contributed by atoms with E-state index >= 15 is 0 Å². The molecule has 0 unspecified atom stereocenters. The summed E-state index contributed by atoms with van der Waals surface area (Å²) in [7, 11) is 0. The van der Waals surface area contributed by atoms with Crippen LogP contribution in [0.25, 0.3) is 0 Å². The van der Waals surface area contributed by atoms with Gasteiger partial charge in [0.1, 0.15) is 0 Å². The van der Waals surface area contributed by atoms with Gasteiger partial charge in [-0.2, -0.15) is 0 Å². The van der Waals surface area contributed by atoms with Crippen molar-refractivity contribution in [1.82, 2.24) is 5.32 Å². The van der Waals surface area contributed by atoms with E-state index in [9.17, 15) is 9.59 Å². The first kappa shape index (κ1) is 12.9. The molecule has 1 atom stereocenters. The van der Waals surface area contributed by atoms with Crippen LogP contribution < -0.4 is 11.1 Å². The van der Waals surface area contributed by atoms with Gasteiger partial charge in [0.2, 0.25) is 5.91 Å². The van der Waals surface area contributed by atoms with Gasteiger partial charge in [0, 0.05) is 4.90 Å². The van der Waals surface area contributed by atoms with Crippen molar-refractivity contribution in [3.8, 4) is 0 Å². The van der Waals surface area contributed by atoms with E-state index in [4.69, 9.17) is 17.3 Å². The van der Waals surface area contributed by atoms with Crippen LogP contribution in [0.5, 0.6) is 0 Å². The number of hydrogen-bond donors (Lipinski definition) is 2. The topological polar surface area (TPSA) is 72.2 Å². The number of carbonyl (C=O) groups is 2. The molecule has 0 saturated heterocycles. The van der Waals surface area contributed by atoms with Crippen LogP contribution in [-0.2, 0) is 4.79 Å². The second-order valence-corrected chi connectivity index (χ2v) is 4.83. The van der Waals surface area contributed by atoms with Gasteiger partial charge in [0.15, 0.2) is 0 Å². The number of thioether (sulfide) groups is 1. The molecular weight excluding hydrogens is 248 g/mol. The quantitative estimate of drug-likeness (QED) is 0.815. The van der Waals surface area contributed by atoms with Gasteiger partial charge in [0.25, 0.3) is 0 Å². The number of benzene rings is 1. The Morgan fingerprint density at radius 3 is 2.62 bits per heavy atom. The van der Waals surface area contributed by atoms with Crippen LogP contribution >= 0.6 is 23.4 Å². The summed E-state index contributed by atoms with van der Waals surface area (Å²) < 4.78 is 0. The van der Waals surface area contributed by atoms with E-state index in [1.54, 1.807) is 25.1 Å². The molecule has 3 N–H and O–H groups in total. The van der Waals surface area contributed by atoms with E-state index in [0.717, 1.165) is 4.90 Å². The van der Waals surface area contributed by atoms with Crippen molar-refractivity contribution in [3.05, 3.63) is 29.3 Å². The summed E-state index contributed by atoms with van der Waals surface area (Å²) in [5.41, 5.74) is 4.85. The first-order chi connectivity index (χ1) is 7.50. The molecule has 0 bridgehead atoms. The molecule has 4 nitrogen and oxygen atoms in total. The normalized spacial score (nSPS) is 11.9. The Kier molecular flexibility index (Phi) is 4.64. The molecule has 0 fully saturated rings. The molecule has 0 aromatic heterocycles. The summed E-state index contributed by atoms with van der Waals surface area (Å²) in [6, 6.07) is 6.33. The Morgan fingerprint density at radius 1 is 1.44 bits per heavy atom. The van der Waals surface area contributed by atoms with Crippen molar-refractivity contribution in [2.75, 3.05) is 0 Å². The van der Waals surface area contributed by atoms with Crippen molar-refractivity contribution in [2.24, 2.45) is 5.73 Å². The summed E-state index contributed by atoms with van der Waals surface area (Å²) in [5.74, 6) is -0.433. The molecule has 0 radical (unpaired) electrons. The molecule has 0 aliphatic rings. The maximum absolute atomic E-state index is 11.4. The minimum atomic E-state index is -0.850. The third-order valence-electron chi connectivity index (χ3n) is 1.76. The van der Waals surface area contributed by atoms with Gasteiger partial charge >= 0.3 is 6.03 Å². The lowest BCUT2D eigenvalue weighted by Crippen LogP contribution is -2.39. The maximum atomic E-state index is 11.4. The third kappa shape index (κ3) is 3.75. The highest BCUT2D eigenvalue weighted by molar-refractivity contribution is 8.00. The Labute approximate surface area is 103 Å². The van der Waals surface area contributed by atoms with Crippen LogP contribution in [0.1, 0.15) is 6.92 Å². The second kappa shape index (κ2) is 5.77. The van der Waals surface area contributed by atoms with Gasteiger partial charge in [-0.3, -0.25) is 10.1 Å². The number of amides is 3. The number of rotatable bonds is 3. The standard InChI is InChI=1S/C10H11ClN2O2S/c1-6(9(14)13-10(12)15)16-8-5-3-2-4-7(8)11/h2-6H,1H3,(H3,12,13,14,15)/t6-/m1/s1. The van der Waals surface area contributed by atoms with E-state index in [0.29, 0.717) is 5.02 Å². The smallest absolute Gasteiger partial charge is 0.318 e. The fourth-order valence-corrected chi connectivity index (χ4v) is 2.16. The van der Waals surface area contributed by atoms with Gasteiger partial charge in [-0.15, -0.1) is 11.8 Å². The Morgan fingerprint density at radius 2 is 2.06 bits per heavy atom. The molecule has 1 rings (SSSR count). The zero-order valence-electron chi connectivity index (χ0n) is 8.57. The second-order valence-electron chi connectivity index (χ2n) is 3.04. The first-order valence-corrected chi connectivity index (χ1v) is 5.78. The van der Waals surface area contributed by atoms with Crippen LogP contribution in [0.3, 0.4) is 0 Å². The minimum absolute atomic E-state index is 0.433. The van der Waals surface area contributed by atoms with Gasteiger partial charge < -0.3 is 5.73 Å². The molecule has 0 aliphatic heterocycles. The molecular formula is C10H11ClN2O2S. The molecule has 0 aliphatic carbocycles. The summed E-state index contributed by atoms with van der Waals surface area (Å²) in [4.78, 5) is 22.7. The highest BCUT2D eigenvalue weighted by Crippen LogP contribution is 2.29. The monoisotopic (exact) mass is 258 g/mol. The molecule has 6 heteroatoms. The van der Waals surface area contributed by atoms with Gasteiger partial charge in [0.05, 0.1) is 10.3 Å². The average molecular weight is 259 g/mol. The number of nitrogens with two attached hydrogens (primary N) is 1. The molecule has 0 saturated carbocycles. The molecule has 1 aromatic rings. The van der Waals surface area contributed by atoms with Crippen LogP contribution in [-0.4, -0.2) is 17.2 Å². The lowest BCUT2D eigenvalue weighted by Gasteiger charge is -2.10. The number of hydrogen-bond acceptors (Lipinski definition) is 3. The molecule has 1 aromatic carbocycles. The number of nitrogens with one attached hydrogen (secondary N) is 1. The zero-order valence-corrected chi connectivity index (χ0v) is 10.1. The van der Waals surface area contributed by atoms with Gasteiger partial charge in [-0.25, -0.2) is 4.79 Å². The van der Waals surface area contributed by atoms with Crippen LogP contribution in [0, 0.1) is 0 Å². The molecule has 0 heterocycles. The van der Waals surface area contributed by atoms with Crippen molar-refractivity contribution in [2.45, 2.75) is 17.1 Å². The third-order valence-corrected chi connectivity index (χ3v) is 3.38. The van der Waals surface area contributed by atoms with Gasteiger partial charge in [-0.05, 0) is 19.1 Å². The largest absolute Gasteiger partial charge is 0.351 e. The minimum Gasteiger partial charge on any atom is -0.351 e. The number of carbonyl (C=O) groups excluding carboxylic acids is 2. The number of urea groups is 1. The van der Waals surface area contributed by atoms with Crippen molar-refractivity contribution in [1.29, 1.82) is 0 Å².